The Morgan fingerprint density at radius 1 is 0.671 bits per heavy atom. The number of halogens is 5. The van der Waals surface area contributed by atoms with Gasteiger partial charge >= 0.3 is 5.97 Å². The number of fused-ring (bicyclic) bond motifs is 4. The van der Waals surface area contributed by atoms with E-state index in [1.54, 1.807) is 36.9 Å². The number of nitrogens with zero attached hydrogens (tertiary/aromatic N) is 4. The van der Waals surface area contributed by atoms with Gasteiger partial charge in [0, 0.05) is 59.8 Å². The van der Waals surface area contributed by atoms with Crippen LogP contribution in [0.1, 0.15) is 102 Å². The molecule has 0 radical (unpaired) electrons. The summed E-state index contributed by atoms with van der Waals surface area (Å²) >= 11 is 26.1. The number of aromatic nitrogens is 4. The van der Waals surface area contributed by atoms with Crippen LogP contribution in [-0.4, -0.2) is 81.0 Å². The van der Waals surface area contributed by atoms with Crippen LogP contribution in [0.5, 0.6) is 0 Å². The number of aryl methyl sites for hydroxylation is 2. The summed E-state index contributed by atoms with van der Waals surface area (Å²) in [7, 11) is 0. The first-order chi connectivity index (χ1) is 36.1. The van der Waals surface area contributed by atoms with Crippen molar-refractivity contribution in [3.05, 3.63) is 187 Å². The van der Waals surface area contributed by atoms with Crippen LogP contribution >= 0.6 is 83.6 Å². The SMILES string of the molecule is Cl.N[C@@H]1CCSC1=O.O=C(NC1CCSC1=O)c1cnc(CNC(=S)NC2c3cnccc3CCc3c(F)cccc32)c(Cl)c1.O=C(O)c1cnc(CNC(=S)NC2c3cnccc3CCc3c(F)cccc32)c(Cl)c1. The van der Waals surface area contributed by atoms with Crippen LogP contribution in [0.25, 0.3) is 0 Å². The molecule has 2 aliphatic carbocycles. The van der Waals surface area contributed by atoms with Gasteiger partial charge in [0.15, 0.2) is 10.2 Å². The minimum atomic E-state index is -1.10. The topological polar surface area (TPSA) is 226 Å². The normalized spacial score (nSPS) is 17.9. The van der Waals surface area contributed by atoms with E-state index in [0.29, 0.717) is 75.6 Å². The zero-order valence-electron chi connectivity index (χ0n) is 40.1. The molecule has 2 fully saturated rings. The second-order valence-electron chi connectivity index (χ2n) is 17.4. The van der Waals surface area contributed by atoms with Crippen LogP contribution in [0, 0.1) is 11.6 Å². The maximum atomic E-state index is 14.7. The smallest absolute Gasteiger partial charge is 0.337 e. The summed E-state index contributed by atoms with van der Waals surface area (Å²) < 4.78 is 29.2. The van der Waals surface area contributed by atoms with Gasteiger partial charge in [0.1, 0.15) is 11.6 Å². The number of carboxylic acid groups (broad SMARTS) is 1. The Balaban J connectivity index is 0.000000196. The van der Waals surface area contributed by atoms with Gasteiger partial charge in [-0.3, -0.25) is 34.3 Å². The number of amides is 1. The number of nitrogens with one attached hydrogen (secondary N) is 5. The number of aromatic carboxylic acids is 1. The van der Waals surface area contributed by atoms with Crippen molar-refractivity contribution in [1.29, 1.82) is 0 Å². The van der Waals surface area contributed by atoms with Crippen molar-refractivity contribution in [2.24, 2.45) is 5.73 Å². The van der Waals surface area contributed by atoms with Crippen LogP contribution in [-0.2, 0) is 48.4 Å². The van der Waals surface area contributed by atoms with E-state index in [2.05, 4.69) is 46.5 Å². The van der Waals surface area contributed by atoms with Gasteiger partial charge in [-0.25, -0.2) is 13.6 Å². The van der Waals surface area contributed by atoms with Crippen LogP contribution in [0.15, 0.2) is 97.8 Å². The maximum absolute atomic E-state index is 14.7. The van der Waals surface area contributed by atoms with E-state index >= 15 is 0 Å². The standard InChI is InChI=1S/C26H23ClFN5O2S2.C22H18ClFN4O2S.C4H7NOS.ClH/c27-19-10-15(24(34)32-21-7-9-37-25(21)35)11-30-22(19)13-31-26(36)33-23-17-2-1-3-20(28)16(17)5-4-14-6-8-29-12-18(14)23;23-17-8-13(21(29)30)9-26-19(17)11-27-22(31)28-20-15-2-1-3-18(24)14(15)5-4-12-6-7-25-10-16(12)20;5-3-1-2-7-4(3)6;/h1-3,6,8,10-12,21,23H,4-5,7,9,13H2,(H,32,34)(H2,31,33,36);1-3,6-10,20H,4-5,11H2,(H,29,30)(H2,27,28,31);3H,1-2,5H2;1H/t;;3-;/m..1./s1. The molecule has 0 spiro atoms. The molecule has 6 heterocycles. The first kappa shape index (κ1) is 57.8. The minimum Gasteiger partial charge on any atom is -0.478 e. The molecule has 24 heteroatoms. The number of carbonyl (C=O) groups is 4. The Morgan fingerprint density at radius 3 is 1.59 bits per heavy atom. The number of thioether (sulfide) groups is 2. The summed E-state index contributed by atoms with van der Waals surface area (Å²) in [6, 6.07) is 15.5. The van der Waals surface area contributed by atoms with Gasteiger partial charge in [0.2, 0.25) is 10.2 Å². The highest BCUT2D eigenvalue weighted by Gasteiger charge is 2.30. The summed E-state index contributed by atoms with van der Waals surface area (Å²) in [5.74, 6) is -0.347. The second kappa shape index (κ2) is 26.9. The Hall–Kier alpha value is -5.91. The minimum absolute atomic E-state index is 0. The molecule has 8 N–H and O–H groups in total. The first-order valence-corrected chi connectivity index (χ1v) is 27.1. The van der Waals surface area contributed by atoms with Gasteiger partial charge in [0.25, 0.3) is 5.91 Å². The summed E-state index contributed by atoms with van der Waals surface area (Å²) in [4.78, 5) is 62.7. The average Bonchev–Trinajstić information content (AvgIpc) is 3.89. The van der Waals surface area contributed by atoms with Gasteiger partial charge in [-0.2, -0.15) is 0 Å². The van der Waals surface area contributed by atoms with E-state index in [1.165, 1.54) is 60.2 Å². The number of hydrogen-bond acceptors (Lipinski definition) is 13. The second-order valence-corrected chi connectivity index (χ2v) is 21.3. The number of benzene rings is 2. The van der Waals surface area contributed by atoms with E-state index in [4.69, 9.17) is 58.5 Å². The van der Waals surface area contributed by atoms with Crippen molar-refractivity contribution in [2.75, 3.05) is 11.5 Å². The highest BCUT2D eigenvalue weighted by atomic mass is 35.5. The van der Waals surface area contributed by atoms with Crippen molar-refractivity contribution in [3.8, 4) is 0 Å². The van der Waals surface area contributed by atoms with Crippen molar-refractivity contribution in [2.45, 2.75) is 75.8 Å². The van der Waals surface area contributed by atoms with Crippen molar-refractivity contribution in [3.63, 3.8) is 0 Å². The molecule has 15 nitrogen and oxygen atoms in total. The third-order valence-electron chi connectivity index (χ3n) is 12.7. The predicted octanol–water partition coefficient (Wildman–Crippen LogP) is 8.10. The number of thiocarbonyl (C=S) groups is 2. The molecular formula is C52H49Cl3F2N10O5S4. The van der Waals surface area contributed by atoms with Crippen LogP contribution < -0.4 is 32.3 Å². The number of carboxylic acids is 1. The Morgan fingerprint density at radius 2 is 1.16 bits per heavy atom. The summed E-state index contributed by atoms with van der Waals surface area (Å²) in [6.45, 7) is 0.417. The van der Waals surface area contributed by atoms with Gasteiger partial charge in [-0.15, -0.1) is 12.4 Å². The lowest BCUT2D eigenvalue weighted by Crippen LogP contribution is -2.38. The molecule has 76 heavy (non-hydrogen) atoms. The van der Waals surface area contributed by atoms with Gasteiger partial charge in [-0.05, 0) is 133 Å². The summed E-state index contributed by atoms with van der Waals surface area (Å²) in [5, 5.41) is 25.8. The molecule has 2 aromatic carbocycles. The molecule has 396 valence electrons. The Labute approximate surface area is 471 Å². The lowest BCUT2D eigenvalue weighted by atomic mass is 9.96. The maximum Gasteiger partial charge on any atom is 0.337 e. The van der Waals surface area contributed by atoms with E-state index in [-0.39, 0.29) is 81.6 Å². The fraction of sp³-hybridized carbons (Fsp3) is 0.269. The fourth-order valence-electron chi connectivity index (χ4n) is 8.74. The zero-order chi connectivity index (χ0) is 53.2. The molecule has 10 rings (SSSR count). The largest absolute Gasteiger partial charge is 0.478 e. The highest BCUT2D eigenvalue weighted by Crippen LogP contribution is 2.35. The average molecular weight is 1170 g/mol. The quantitative estimate of drug-likeness (QED) is 0.0679. The van der Waals surface area contributed by atoms with E-state index in [9.17, 15) is 28.0 Å². The summed E-state index contributed by atoms with van der Waals surface area (Å²) in [5.41, 5.74) is 13.6. The zero-order valence-corrected chi connectivity index (χ0v) is 45.7. The molecule has 2 aliphatic heterocycles. The van der Waals surface area contributed by atoms with E-state index < -0.39 is 17.9 Å². The molecule has 4 atom stereocenters. The first-order valence-electron chi connectivity index (χ1n) is 23.6. The number of carbonyl (C=O) groups excluding carboxylic acids is 3. The highest BCUT2D eigenvalue weighted by molar-refractivity contribution is 8.14. The monoisotopic (exact) mass is 1160 g/mol. The van der Waals surface area contributed by atoms with Crippen molar-refractivity contribution >= 4 is 116 Å². The lowest BCUT2D eigenvalue weighted by Gasteiger charge is -2.23. The number of nitrogens with two attached hydrogens (primary N) is 1. The molecule has 2 saturated heterocycles. The third-order valence-corrected chi connectivity index (χ3v) is 15.9. The van der Waals surface area contributed by atoms with Gasteiger partial charge in [-0.1, -0.05) is 71.0 Å². The molecule has 0 bridgehead atoms. The van der Waals surface area contributed by atoms with Gasteiger partial charge < -0.3 is 37.4 Å². The number of rotatable bonds is 9. The van der Waals surface area contributed by atoms with E-state index in [1.807, 2.05) is 24.3 Å². The Bertz CT molecular complexity index is 3190. The van der Waals surface area contributed by atoms with E-state index in [0.717, 1.165) is 45.6 Å². The molecule has 3 unspecified atom stereocenters. The molecule has 4 aliphatic rings. The lowest BCUT2D eigenvalue weighted by molar-refractivity contribution is -0.112. The number of hydrogen-bond donors (Lipinski definition) is 7. The molecule has 6 aromatic rings. The molecule has 0 saturated carbocycles. The third kappa shape index (κ3) is 14.4. The predicted molar refractivity (Wildman–Crippen MR) is 301 cm³/mol. The van der Waals surface area contributed by atoms with Crippen molar-refractivity contribution in [1.82, 2.24) is 46.5 Å². The van der Waals surface area contributed by atoms with Gasteiger partial charge in [0.05, 0.1) is 69.8 Å². The fourth-order valence-corrected chi connectivity index (χ4v) is 11.4. The summed E-state index contributed by atoms with van der Waals surface area (Å²) in [6.07, 6.45) is 13.8. The molecular weight excluding hydrogens is 1120 g/mol. The molecule has 4 aromatic heterocycles. The number of pyridine rings is 4. The molecule has 1 amide bonds. The Kier molecular flexibility index (Phi) is 20.5. The van der Waals surface area contributed by atoms with Crippen LogP contribution in [0.2, 0.25) is 10.0 Å². The van der Waals surface area contributed by atoms with Crippen molar-refractivity contribution < 1.29 is 33.1 Å². The van der Waals surface area contributed by atoms with Crippen LogP contribution in [0.3, 0.4) is 0 Å². The van der Waals surface area contributed by atoms with Crippen LogP contribution in [0.4, 0.5) is 8.78 Å².